The molecule has 0 amide bonds. The van der Waals surface area contributed by atoms with Crippen molar-refractivity contribution >= 4 is 11.9 Å². The summed E-state index contributed by atoms with van der Waals surface area (Å²) in [5.74, 6) is -0.140. The summed E-state index contributed by atoms with van der Waals surface area (Å²) in [7, 11) is 0. The van der Waals surface area contributed by atoms with Gasteiger partial charge in [0.25, 0.3) is 0 Å². The summed E-state index contributed by atoms with van der Waals surface area (Å²) in [6.45, 7) is 3.72. The van der Waals surface area contributed by atoms with Crippen molar-refractivity contribution < 1.29 is 9.90 Å². The molecule has 2 rings (SSSR count). The number of phenolic OH excluding ortho intramolecular Hbond substituents is 1. The Kier molecular flexibility index (Phi) is 3.81. The number of hydrogen-bond acceptors (Lipinski definition) is 2. The smallest absolute Gasteiger partial charge is 0.189 e. The Labute approximate surface area is 113 Å². The topological polar surface area (TPSA) is 37.3 Å². The lowest BCUT2D eigenvalue weighted by Gasteiger charge is -2.06. The number of ketones is 1. The molecule has 96 valence electrons. The van der Waals surface area contributed by atoms with Gasteiger partial charge < -0.3 is 5.11 Å². The number of rotatable bonds is 3. The Balaban J connectivity index is 2.29. The Hall–Kier alpha value is -2.35. The molecule has 2 nitrogen and oxygen atoms in total. The second kappa shape index (κ2) is 5.53. The number of hydrogen-bond donors (Lipinski definition) is 1. The van der Waals surface area contributed by atoms with Crippen molar-refractivity contribution in [3.8, 4) is 5.75 Å². The fraction of sp³-hybridized carbons (Fsp3) is 0.118. The van der Waals surface area contributed by atoms with Gasteiger partial charge in [0.2, 0.25) is 0 Å². The van der Waals surface area contributed by atoms with E-state index in [2.05, 4.69) is 0 Å². The number of phenols is 1. The van der Waals surface area contributed by atoms with Gasteiger partial charge in [0, 0.05) is 0 Å². The first-order chi connectivity index (χ1) is 9.08. The molecule has 0 aliphatic rings. The van der Waals surface area contributed by atoms with Crippen LogP contribution in [0.5, 0.6) is 5.75 Å². The number of allylic oxidation sites excluding steroid dienone is 1. The molecule has 2 aromatic carbocycles. The highest BCUT2D eigenvalue weighted by Gasteiger charge is 2.12. The van der Waals surface area contributed by atoms with Crippen molar-refractivity contribution in [2.24, 2.45) is 0 Å². The number of aryl methyl sites for hydroxylation is 2. The molecule has 0 fully saturated rings. The van der Waals surface area contributed by atoms with Crippen LogP contribution in [-0.4, -0.2) is 10.9 Å². The maximum Gasteiger partial charge on any atom is 0.189 e. The van der Waals surface area contributed by atoms with E-state index >= 15 is 0 Å². The lowest BCUT2D eigenvalue weighted by atomic mass is 10.00. The summed E-state index contributed by atoms with van der Waals surface area (Å²) in [5, 5.41) is 9.89. The molecule has 19 heavy (non-hydrogen) atoms. The quantitative estimate of drug-likeness (QED) is 0.664. The van der Waals surface area contributed by atoms with Gasteiger partial charge >= 0.3 is 0 Å². The minimum absolute atomic E-state index is 0.0419. The second-order valence-corrected chi connectivity index (χ2v) is 4.58. The first-order valence-corrected chi connectivity index (χ1v) is 6.15. The summed E-state index contributed by atoms with van der Waals surface area (Å²) in [6.07, 6.45) is 3.24. The zero-order chi connectivity index (χ0) is 13.8. The number of carbonyl (C=O) groups excluding carboxylic acids is 1. The fourth-order valence-electron chi connectivity index (χ4n) is 2.09. The van der Waals surface area contributed by atoms with Gasteiger partial charge in [-0.25, -0.2) is 0 Å². The molecule has 0 atom stereocenters. The van der Waals surface area contributed by atoms with E-state index in [0.717, 1.165) is 16.7 Å². The van der Waals surface area contributed by atoms with Crippen molar-refractivity contribution in [2.45, 2.75) is 13.8 Å². The molecule has 0 unspecified atom stereocenters. The standard InChI is InChI=1S/C17H16O2/c1-12-10-13(2)17(16(19)11-12)15(18)9-8-14-6-4-3-5-7-14/h3-11,19H,1-2H3/b9-8+. The average molecular weight is 252 g/mol. The SMILES string of the molecule is Cc1cc(C)c(C(=O)/C=C/c2ccccc2)c(O)c1. The van der Waals surface area contributed by atoms with Crippen molar-refractivity contribution in [3.05, 3.63) is 70.8 Å². The Morgan fingerprint density at radius 3 is 2.42 bits per heavy atom. The molecule has 0 radical (unpaired) electrons. The molecule has 0 spiro atoms. The van der Waals surface area contributed by atoms with E-state index in [9.17, 15) is 9.90 Å². The largest absolute Gasteiger partial charge is 0.507 e. The molecule has 0 saturated heterocycles. The number of benzene rings is 2. The molecular weight excluding hydrogens is 236 g/mol. The molecule has 0 heterocycles. The second-order valence-electron chi connectivity index (χ2n) is 4.58. The van der Waals surface area contributed by atoms with Crippen LogP contribution in [0, 0.1) is 13.8 Å². The highest BCUT2D eigenvalue weighted by Crippen LogP contribution is 2.24. The van der Waals surface area contributed by atoms with Gasteiger partial charge in [-0.1, -0.05) is 42.5 Å². The first-order valence-electron chi connectivity index (χ1n) is 6.15. The van der Waals surface area contributed by atoms with Crippen LogP contribution in [-0.2, 0) is 0 Å². The van der Waals surface area contributed by atoms with E-state index in [1.807, 2.05) is 50.2 Å². The average Bonchev–Trinajstić information content (AvgIpc) is 2.36. The molecule has 2 aromatic rings. The molecule has 0 aliphatic heterocycles. The molecule has 1 N–H and O–H groups in total. The van der Waals surface area contributed by atoms with E-state index in [1.54, 1.807) is 12.1 Å². The Bertz CT molecular complexity index is 602. The van der Waals surface area contributed by atoms with Crippen molar-refractivity contribution in [1.82, 2.24) is 0 Å². The maximum atomic E-state index is 12.1. The molecule has 0 aliphatic carbocycles. The zero-order valence-corrected chi connectivity index (χ0v) is 11.1. The third-order valence-corrected chi connectivity index (χ3v) is 2.93. The first kappa shape index (κ1) is 13.1. The lowest BCUT2D eigenvalue weighted by Crippen LogP contribution is -1.99. The molecule has 0 aromatic heterocycles. The predicted molar refractivity (Wildman–Crippen MR) is 77.4 cm³/mol. The highest BCUT2D eigenvalue weighted by molar-refractivity contribution is 6.09. The molecule has 0 bridgehead atoms. The molecule has 2 heteroatoms. The van der Waals surface area contributed by atoms with Gasteiger partial charge in [0.1, 0.15) is 5.75 Å². The van der Waals surface area contributed by atoms with Crippen molar-refractivity contribution in [1.29, 1.82) is 0 Å². The minimum atomic E-state index is -0.182. The van der Waals surface area contributed by atoms with Crippen molar-refractivity contribution in [3.63, 3.8) is 0 Å². The molecular formula is C17H16O2. The van der Waals surface area contributed by atoms with Gasteiger partial charge in [0.05, 0.1) is 5.56 Å². The van der Waals surface area contributed by atoms with Crippen LogP contribution in [0.4, 0.5) is 0 Å². The zero-order valence-electron chi connectivity index (χ0n) is 11.1. The molecule has 0 saturated carbocycles. The van der Waals surface area contributed by atoms with Crippen LogP contribution in [0.3, 0.4) is 0 Å². The Morgan fingerprint density at radius 2 is 1.79 bits per heavy atom. The summed E-state index contributed by atoms with van der Waals surface area (Å²) >= 11 is 0. The summed E-state index contributed by atoms with van der Waals surface area (Å²) < 4.78 is 0. The van der Waals surface area contributed by atoms with Gasteiger partial charge in [-0.3, -0.25) is 4.79 Å². The van der Waals surface area contributed by atoms with Crippen LogP contribution < -0.4 is 0 Å². The van der Waals surface area contributed by atoms with E-state index in [-0.39, 0.29) is 11.5 Å². The Morgan fingerprint density at radius 1 is 1.11 bits per heavy atom. The summed E-state index contributed by atoms with van der Waals surface area (Å²) in [5.41, 5.74) is 3.07. The third kappa shape index (κ3) is 3.10. The van der Waals surface area contributed by atoms with Crippen LogP contribution >= 0.6 is 0 Å². The lowest BCUT2D eigenvalue weighted by molar-refractivity contribution is 0.104. The van der Waals surface area contributed by atoms with Crippen molar-refractivity contribution in [2.75, 3.05) is 0 Å². The fourth-order valence-corrected chi connectivity index (χ4v) is 2.09. The van der Waals surface area contributed by atoms with Gasteiger partial charge in [-0.2, -0.15) is 0 Å². The van der Waals surface area contributed by atoms with E-state index < -0.39 is 0 Å². The predicted octanol–water partition coefficient (Wildman–Crippen LogP) is 3.91. The van der Waals surface area contributed by atoms with Gasteiger partial charge in [0.15, 0.2) is 5.78 Å². The van der Waals surface area contributed by atoms with Crippen LogP contribution in [0.25, 0.3) is 6.08 Å². The highest BCUT2D eigenvalue weighted by atomic mass is 16.3. The van der Waals surface area contributed by atoms with E-state index in [4.69, 9.17) is 0 Å². The van der Waals surface area contributed by atoms with Gasteiger partial charge in [-0.05, 0) is 42.7 Å². The normalized spacial score (nSPS) is 10.8. The van der Waals surface area contributed by atoms with Gasteiger partial charge in [-0.15, -0.1) is 0 Å². The summed E-state index contributed by atoms with van der Waals surface area (Å²) in [4.78, 5) is 12.1. The number of aromatic hydroxyl groups is 1. The third-order valence-electron chi connectivity index (χ3n) is 2.93. The number of carbonyl (C=O) groups is 1. The van der Waals surface area contributed by atoms with E-state index in [1.165, 1.54) is 6.08 Å². The maximum absolute atomic E-state index is 12.1. The van der Waals surface area contributed by atoms with E-state index in [0.29, 0.717) is 5.56 Å². The van der Waals surface area contributed by atoms with Crippen LogP contribution in [0.1, 0.15) is 27.0 Å². The van der Waals surface area contributed by atoms with Crippen LogP contribution in [0.15, 0.2) is 48.5 Å². The minimum Gasteiger partial charge on any atom is -0.507 e. The van der Waals surface area contributed by atoms with Crippen LogP contribution in [0.2, 0.25) is 0 Å². The monoisotopic (exact) mass is 252 g/mol. The summed E-state index contributed by atoms with van der Waals surface area (Å²) in [6, 6.07) is 13.1.